The molecule has 0 saturated heterocycles. The number of aromatic nitrogens is 1. The first-order valence-corrected chi connectivity index (χ1v) is 6.42. The number of halogens is 1. The highest BCUT2D eigenvalue weighted by Gasteiger charge is 2.16. The summed E-state index contributed by atoms with van der Waals surface area (Å²) in [6.07, 6.45) is 0. The number of anilines is 1. The Morgan fingerprint density at radius 1 is 1.33 bits per heavy atom. The van der Waals surface area contributed by atoms with Gasteiger partial charge in [-0.05, 0) is 39.5 Å². The van der Waals surface area contributed by atoms with Gasteiger partial charge in [-0.25, -0.2) is 0 Å². The van der Waals surface area contributed by atoms with Crippen molar-refractivity contribution in [2.24, 2.45) is 0 Å². The van der Waals surface area contributed by atoms with Crippen LogP contribution in [0.3, 0.4) is 0 Å². The van der Waals surface area contributed by atoms with E-state index in [4.69, 9.17) is 15.0 Å². The fourth-order valence-corrected chi connectivity index (χ4v) is 2.28. The summed E-state index contributed by atoms with van der Waals surface area (Å²) in [4.78, 5) is 0. The van der Waals surface area contributed by atoms with Crippen LogP contribution in [0.2, 0.25) is 0 Å². The van der Waals surface area contributed by atoms with Crippen molar-refractivity contribution < 1.29 is 9.26 Å². The van der Waals surface area contributed by atoms with E-state index < -0.39 is 0 Å². The summed E-state index contributed by atoms with van der Waals surface area (Å²) in [7, 11) is 1.64. The molecule has 0 aliphatic rings. The number of nitrogen functional groups attached to an aromatic ring is 1. The van der Waals surface area contributed by atoms with Crippen LogP contribution in [0.25, 0.3) is 11.3 Å². The highest BCUT2D eigenvalue weighted by atomic mass is 79.9. The fourth-order valence-electron chi connectivity index (χ4n) is 1.70. The highest BCUT2D eigenvalue weighted by molar-refractivity contribution is 9.10. The molecule has 0 radical (unpaired) electrons. The smallest absolute Gasteiger partial charge is 0.170 e. The summed E-state index contributed by atoms with van der Waals surface area (Å²) < 4.78 is 11.4. The Balaban J connectivity index is 2.61. The molecule has 0 aliphatic carbocycles. The molecule has 0 saturated carbocycles. The van der Waals surface area contributed by atoms with E-state index in [2.05, 4.69) is 41.0 Å². The molecule has 96 valence electrons. The van der Waals surface area contributed by atoms with E-state index in [0.717, 1.165) is 15.8 Å². The van der Waals surface area contributed by atoms with Gasteiger partial charge in [0, 0.05) is 11.6 Å². The quantitative estimate of drug-likeness (QED) is 0.936. The predicted octanol–water partition coefficient (Wildman–Crippen LogP) is 3.82. The van der Waals surface area contributed by atoms with Gasteiger partial charge in [-0.15, -0.1) is 0 Å². The van der Waals surface area contributed by atoms with E-state index in [0.29, 0.717) is 17.5 Å². The summed E-state index contributed by atoms with van der Waals surface area (Å²) in [5.74, 6) is 2.16. The molecule has 1 aromatic heterocycles. The Morgan fingerprint density at radius 2 is 2.06 bits per heavy atom. The lowest BCUT2D eigenvalue weighted by Crippen LogP contribution is -1.93. The number of hydrogen-bond acceptors (Lipinski definition) is 4. The van der Waals surface area contributed by atoms with Crippen molar-refractivity contribution in [2.75, 3.05) is 12.8 Å². The predicted molar refractivity (Wildman–Crippen MR) is 74.7 cm³/mol. The third kappa shape index (κ3) is 2.36. The van der Waals surface area contributed by atoms with Gasteiger partial charge in [0.15, 0.2) is 11.6 Å². The Hall–Kier alpha value is -1.49. The molecule has 0 aliphatic heterocycles. The van der Waals surface area contributed by atoms with Crippen molar-refractivity contribution in [3.63, 3.8) is 0 Å². The summed E-state index contributed by atoms with van der Waals surface area (Å²) in [5, 5.41) is 3.71. The van der Waals surface area contributed by atoms with Crippen LogP contribution < -0.4 is 10.5 Å². The van der Waals surface area contributed by atoms with Gasteiger partial charge in [0.1, 0.15) is 5.75 Å². The molecule has 2 rings (SSSR count). The van der Waals surface area contributed by atoms with Crippen molar-refractivity contribution in [1.82, 2.24) is 5.16 Å². The molecule has 0 spiro atoms. The fraction of sp³-hybridized carbons (Fsp3) is 0.308. The normalized spacial score (nSPS) is 10.9. The van der Waals surface area contributed by atoms with Crippen LogP contribution in [0, 0.1) is 0 Å². The van der Waals surface area contributed by atoms with Gasteiger partial charge in [-0.2, -0.15) is 0 Å². The SMILES string of the molecule is COc1cc(C(C)C)cc(-c2cc(N)no2)c1Br. The minimum atomic E-state index is 0.366. The Kier molecular flexibility index (Phi) is 3.61. The second-order valence-electron chi connectivity index (χ2n) is 4.36. The molecule has 0 amide bonds. The minimum absolute atomic E-state index is 0.366. The zero-order valence-corrected chi connectivity index (χ0v) is 12.1. The van der Waals surface area contributed by atoms with Gasteiger partial charge in [0.2, 0.25) is 0 Å². The van der Waals surface area contributed by atoms with Crippen molar-refractivity contribution >= 4 is 21.7 Å². The lowest BCUT2D eigenvalue weighted by molar-refractivity contribution is 0.410. The van der Waals surface area contributed by atoms with Crippen molar-refractivity contribution in [1.29, 1.82) is 0 Å². The molecule has 0 fully saturated rings. The third-order valence-corrected chi connectivity index (χ3v) is 3.56. The van der Waals surface area contributed by atoms with Crippen molar-refractivity contribution in [3.05, 3.63) is 28.2 Å². The van der Waals surface area contributed by atoms with Gasteiger partial charge in [-0.3, -0.25) is 0 Å². The number of nitrogens with zero attached hydrogens (tertiary/aromatic N) is 1. The van der Waals surface area contributed by atoms with Gasteiger partial charge in [0.25, 0.3) is 0 Å². The molecule has 4 nitrogen and oxygen atoms in total. The van der Waals surface area contributed by atoms with Crippen LogP contribution in [0.15, 0.2) is 27.2 Å². The summed E-state index contributed by atoms with van der Waals surface area (Å²) in [5.41, 5.74) is 7.64. The lowest BCUT2D eigenvalue weighted by atomic mass is 9.99. The van der Waals surface area contributed by atoms with E-state index in [1.54, 1.807) is 13.2 Å². The third-order valence-electron chi connectivity index (χ3n) is 2.74. The molecule has 5 heteroatoms. The number of rotatable bonds is 3. The minimum Gasteiger partial charge on any atom is -0.496 e. The first-order valence-electron chi connectivity index (χ1n) is 5.63. The maximum atomic E-state index is 5.58. The Labute approximate surface area is 114 Å². The molecule has 0 atom stereocenters. The van der Waals surface area contributed by atoms with Crippen LogP contribution in [0.1, 0.15) is 25.3 Å². The average Bonchev–Trinajstić information content (AvgIpc) is 2.75. The first-order chi connectivity index (χ1) is 8.52. The summed E-state index contributed by atoms with van der Waals surface area (Å²) in [6, 6.07) is 5.76. The molecule has 0 bridgehead atoms. The summed E-state index contributed by atoms with van der Waals surface area (Å²) >= 11 is 3.52. The van der Waals surface area contributed by atoms with Crippen LogP contribution in [-0.2, 0) is 0 Å². The van der Waals surface area contributed by atoms with Gasteiger partial charge < -0.3 is 15.0 Å². The van der Waals surface area contributed by atoms with Crippen LogP contribution >= 0.6 is 15.9 Å². The monoisotopic (exact) mass is 310 g/mol. The van der Waals surface area contributed by atoms with Crippen LogP contribution in [0.5, 0.6) is 5.75 Å². The molecule has 0 unspecified atom stereocenters. The Morgan fingerprint density at radius 3 is 2.56 bits per heavy atom. The zero-order valence-electron chi connectivity index (χ0n) is 10.5. The van der Waals surface area contributed by atoms with E-state index >= 15 is 0 Å². The molecule has 1 aromatic carbocycles. The average molecular weight is 311 g/mol. The largest absolute Gasteiger partial charge is 0.496 e. The number of methoxy groups -OCH3 is 1. The molecule has 18 heavy (non-hydrogen) atoms. The molecule has 2 N–H and O–H groups in total. The molecule has 1 heterocycles. The van der Waals surface area contributed by atoms with E-state index in [9.17, 15) is 0 Å². The standard InChI is InChI=1S/C13H15BrN2O2/c1-7(2)8-4-9(10-6-12(15)16-18-10)13(14)11(5-8)17-3/h4-7H,1-3H3,(H2,15,16). The van der Waals surface area contributed by atoms with Crippen LogP contribution in [-0.4, -0.2) is 12.3 Å². The molecular formula is C13H15BrN2O2. The van der Waals surface area contributed by atoms with Gasteiger partial charge >= 0.3 is 0 Å². The maximum Gasteiger partial charge on any atom is 0.170 e. The lowest BCUT2D eigenvalue weighted by Gasteiger charge is -2.12. The number of benzene rings is 1. The summed E-state index contributed by atoms with van der Waals surface area (Å²) in [6.45, 7) is 4.25. The number of ether oxygens (including phenoxy) is 1. The Bertz CT molecular complexity index is 564. The van der Waals surface area contributed by atoms with Crippen molar-refractivity contribution in [3.8, 4) is 17.1 Å². The first kappa shape index (κ1) is 13.0. The van der Waals surface area contributed by atoms with Gasteiger partial charge in [-0.1, -0.05) is 19.0 Å². The second-order valence-corrected chi connectivity index (χ2v) is 5.15. The van der Waals surface area contributed by atoms with E-state index in [-0.39, 0.29) is 0 Å². The van der Waals surface area contributed by atoms with Crippen molar-refractivity contribution in [2.45, 2.75) is 19.8 Å². The molecular weight excluding hydrogens is 296 g/mol. The topological polar surface area (TPSA) is 61.3 Å². The van der Waals surface area contributed by atoms with Crippen LogP contribution in [0.4, 0.5) is 5.82 Å². The molecule has 2 aromatic rings. The maximum absolute atomic E-state index is 5.58. The van der Waals surface area contributed by atoms with E-state index in [1.807, 2.05) is 6.07 Å². The number of hydrogen-bond donors (Lipinski definition) is 1. The zero-order chi connectivity index (χ0) is 13.3. The highest BCUT2D eigenvalue weighted by Crippen LogP contribution is 2.39. The van der Waals surface area contributed by atoms with E-state index in [1.165, 1.54) is 5.56 Å². The second kappa shape index (κ2) is 5.02. The van der Waals surface area contributed by atoms with Gasteiger partial charge in [0.05, 0.1) is 11.6 Å². The number of nitrogens with two attached hydrogens (primary N) is 1.